The highest BCUT2D eigenvalue weighted by atomic mass is 16.5. The first-order valence-corrected chi connectivity index (χ1v) is 11.1. The summed E-state index contributed by atoms with van der Waals surface area (Å²) in [6.07, 6.45) is 6.96. The van der Waals surface area contributed by atoms with E-state index >= 15 is 0 Å². The van der Waals surface area contributed by atoms with Gasteiger partial charge in [0.2, 0.25) is 0 Å². The fraction of sp³-hybridized carbons (Fsp3) is 0.565. The van der Waals surface area contributed by atoms with Gasteiger partial charge in [-0.15, -0.1) is 0 Å². The molecule has 7 heteroatoms. The SMILES string of the molecule is CCCOc1c(-c2cnn(C3CCNCC3)c2)ccc2c1C[C@H](C)C(C)N2C(=O)O. The van der Waals surface area contributed by atoms with E-state index in [0.717, 1.165) is 66.9 Å². The average Bonchev–Trinajstić information content (AvgIpc) is 3.23. The third kappa shape index (κ3) is 3.78. The zero-order valence-electron chi connectivity index (χ0n) is 18.1. The van der Waals surface area contributed by atoms with E-state index in [2.05, 4.69) is 35.1 Å². The van der Waals surface area contributed by atoms with Gasteiger partial charge < -0.3 is 15.2 Å². The minimum atomic E-state index is -0.914. The Morgan fingerprint density at radius 3 is 2.77 bits per heavy atom. The second-order valence-electron chi connectivity index (χ2n) is 8.55. The normalized spacial score (nSPS) is 22.0. The molecule has 2 N–H and O–H groups in total. The van der Waals surface area contributed by atoms with Gasteiger partial charge in [-0.2, -0.15) is 5.10 Å². The van der Waals surface area contributed by atoms with Gasteiger partial charge in [0.1, 0.15) is 5.75 Å². The number of hydrogen-bond acceptors (Lipinski definition) is 4. The maximum absolute atomic E-state index is 12.0. The summed E-state index contributed by atoms with van der Waals surface area (Å²) in [5.41, 5.74) is 3.75. The van der Waals surface area contributed by atoms with Crippen molar-refractivity contribution in [1.82, 2.24) is 15.1 Å². The van der Waals surface area contributed by atoms with Crippen LogP contribution in [0.2, 0.25) is 0 Å². The molecule has 1 aromatic heterocycles. The number of nitrogens with zero attached hydrogens (tertiary/aromatic N) is 3. The van der Waals surface area contributed by atoms with E-state index in [0.29, 0.717) is 12.6 Å². The molecule has 2 aromatic rings. The van der Waals surface area contributed by atoms with Crippen molar-refractivity contribution in [2.45, 2.75) is 58.5 Å². The van der Waals surface area contributed by atoms with Crippen LogP contribution in [-0.4, -0.2) is 46.7 Å². The Morgan fingerprint density at radius 2 is 2.07 bits per heavy atom. The summed E-state index contributed by atoms with van der Waals surface area (Å²) < 4.78 is 8.32. The number of hydrogen-bond donors (Lipinski definition) is 2. The molecule has 2 aliphatic heterocycles. The van der Waals surface area contributed by atoms with Crippen LogP contribution in [0.4, 0.5) is 10.5 Å². The summed E-state index contributed by atoms with van der Waals surface area (Å²) in [5, 5.41) is 17.9. The molecule has 0 spiro atoms. The zero-order valence-corrected chi connectivity index (χ0v) is 18.1. The molecular weight excluding hydrogens is 380 g/mol. The maximum Gasteiger partial charge on any atom is 0.412 e. The Kier molecular flexibility index (Phi) is 5.99. The molecule has 0 bridgehead atoms. The van der Waals surface area contributed by atoms with Crippen molar-refractivity contribution in [3.63, 3.8) is 0 Å². The Labute approximate surface area is 178 Å². The Bertz CT molecular complexity index is 904. The molecule has 1 fully saturated rings. The molecule has 30 heavy (non-hydrogen) atoms. The van der Waals surface area contributed by atoms with Crippen LogP contribution < -0.4 is 15.0 Å². The molecular formula is C23H32N4O3. The summed E-state index contributed by atoms with van der Waals surface area (Å²) in [4.78, 5) is 13.5. The molecule has 1 unspecified atom stereocenters. The van der Waals surface area contributed by atoms with Crippen molar-refractivity contribution in [1.29, 1.82) is 0 Å². The molecule has 1 aromatic carbocycles. The van der Waals surface area contributed by atoms with Gasteiger partial charge in [-0.05, 0) is 63.7 Å². The van der Waals surface area contributed by atoms with Gasteiger partial charge in [0.15, 0.2) is 0 Å². The van der Waals surface area contributed by atoms with Crippen LogP contribution in [0.3, 0.4) is 0 Å². The summed E-state index contributed by atoms with van der Waals surface area (Å²) >= 11 is 0. The number of nitrogens with one attached hydrogen (secondary N) is 1. The van der Waals surface area contributed by atoms with E-state index in [1.54, 1.807) is 0 Å². The number of ether oxygens (including phenoxy) is 1. The van der Waals surface area contributed by atoms with Crippen LogP contribution in [0, 0.1) is 5.92 Å². The van der Waals surface area contributed by atoms with Crippen molar-refractivity contribution < 1.29 is 14.6 Å². The number of piperidine rings is 1. The van der Waals surface area contributed by atoms with Crippen LogP contribution in [0.1, 0.15) is 51.6 Å². The predicted molar refractivity (Wildman–Crippen MR) is 117 cm³/mol. The number of carboxylic acid groups (broad SMARTS) is 1. The van der Waals surface area contributed by atoms with Gasteiger partial charge in [0.05, 0.1) is 24.5 Å². The molecule has 4 rings (SSSR count). The van der Waals surface area contributed by atoms with E-state index in [9.17, 15) is 9.90 Å². The van der Waals surface area contributed by atoms with Crippen molar-refractivity contribution in [3.05, 3.63) is 30.1 Å². The van der Waals surface area contributed by atoms with Crippen LogP contribution in [0.15, 0.2) is 24.5 Å². The molecule has 7 nitrogen and oxygen atoms in total. The maximum atomic E-state index is 12.0. The van der Waals surface area contributed by atoms with Gasteiger partial charge in [0, 0.05) is 28.9 Å². The number of aromatic nitrogens is 2. The van der Waals surface area contributed by atoms with Gasteiger partial charge in [-0.1, -0.05) is 13.8 Å². The zero-order chi connectivity index (χ0) is 21.3. The van der Waals surface area contributed by atoms with Crippen molar-refractivity contribution in [2.24, 2.45) is 5.92 Å². The first-order valence-electron chi connectivity index (χ1n) is 11.1. The van der Waals surface area contributed by atoms with E-state index in [-0.39, 0.29) is 12.0 Å². The lowest BCUT2D eigenvalue weighted by Crippen LogP contribution is -2.45. The fourth-order valence-electron chi connectivity index (χ4n) is 4.63. The summed E-state index contributed by atoms with van der Waals surface area (Å²) in [6, 6.07) is 4.28. The quantitative estimate of drug-likeness (QED) is 0.764. The first-order chi connectivity index (χ1) is 14.5. The molecule has 1 amide bonds. The number of benzene rings is 1. The lowest BCUT2D eigenvalue weighted by Gasteiger charge is -2.38. The largest absolute Gasteiger partial charge is 0.493 e. The van der Waals surface area contributed by atoms with E-state index in [1.807, 2.05) is 25.3 Å². The minimum Gasteiger partial charge on any atom is -0.493 e. The highest BCUT2D eigenvalue weighted by molar-refractivity contribution is 5.91. The van der Waals surface area contributed by atoms with E-state index in [4.69, 9.17) is 4.74 Å². The van der Waals surface area contributed by atoms with Crippen LogP contribution >= 0.6 is 0 Å². The van der Waals surface area contributed by atoms with Gasteiger partial charge in [-0.3, -0.25) is 9.58 Å². The van der Waals surface area contributed by atoms with E-state index < -0.39 is 6.09 Å². The molecule has 2 aliphatic rings. The van der Waals surface area contributed by atoms with Gasteiger partial charge in [-0.25, -0.2) is 4.79 Å². The smallest absolute Gasteiger partial charge is 0.412 e. The van der Waals surface area contributed by atoms with Gasteiger partial charge >= 0.3 is 6.09 Å². The molecule has 0 saturated carbocycles. The van der Waals surface area contributed by atoms with Crippen molar-refractivity contribution >= 4 is 11.8 Å². The number of anilines is 1. The lowest BCUT2D eigenvalue weighted by atomic mass is 9.86. The third-order valence-corrected chi connectivity index (χ3v) is 6.50. The molecule has 0 radical (unpaired) electrons. The first kappa shape index (κ1) is 20.7. The average molecular weight is 413 g/mol. The van der Waals surface area contributed by atoms with Crippen molar-refractivity contribution in [3.8, 4) is 16.9 Å². The minimum absolute atomic E-state index is 0.0671. The third-order valence-electron chi connectivity index (χ3n) is 6.50. The lowest BCUT2D eigenvalue weighted by molar-refractivity contribution is 0.195. The number of amides is 1. The molecule has 1 saturated heterocycles. The Hall–Kier alpha value is -2.54. The standard InChI is InChI=1S/C23H32N4O3/c1-4-11-30-22-19(17-13-25-26(14-17)18-7-9-24-10-8-18)5-6-21-20(22)12-15(2)16(3)27(21)23(28)29/h5-6,13-16,18,24H,4,7-12H2,1-3H3,(H,28,29)/t15-,16?/m0/s1. The van der Waals surface area contributed by atoms with Crippen molar-refractivity contribution in [2.75, 3.05) is 24.6 Å². The summed E-state index contributed by atoms with van der Waals surface area (Å²) in [6.45, 7) is 8.80. The number of rotatable bonds is 5. The molecule has 0 aliphatic carbocycles. The van der Waals surface area contributed by atoms with E-state index in [1.165, 1.54) is 4.90 Å². The van der Waals surface area contributed by atoms with Crippen LogP contribution in [0.5, 0.6) is 5.75 Å². The Balaban J connectivity index is 1.76. The summed E-state index contributed by atoms with van der Waals surface area (Å²) in [7, 11) is 0. The molecule has 2 atom stereocenters. The Morgan fingerprint density at radius 1 is 1.30 bits per heavy atom. The monoisotopic (exact) mass is 412 g/mol. The van der Waals surface area contributed by atoms with Crippen LogP contribution in [-0.2, 0) is 6.42 Å². The van der Waals surface area contributed by atoms with Crippen LogP contribution in [0.25, 0.3) is 11.1 Å². The predicted octanol–water partition coefficient (Wildman–Crippen LogP) is 4.33. The summed E-state index contributed by atoms with van der Waals surface area (Å²) in [5.74, 6) is 1.02. The van der Waals surface area contributed by atoms with Gasteiger partial charge in [0.25, 0.3) is 0 Å². The second-order valence-corrected chi connectivity index (χ2v) is 8.55. The number of carbonyl (C=O) groups is 1. The topological polar surface area (TPSA) is 79.6 Å². The molecule has 3 heterocycles. The highest BCUT2D eigenvalue weighted by Gasteiger charge is 2.35. The fourth-order valence-corrected chi connectivity index (χ4v) is 4.63. The second kappa shape index (κ2) is 8.68. The number of fused-ring (bicyclic) bond motifs is 1. The highest BCUT2D eigenvalue weighted by Crippen LogP contribution is 2.44. The molecule has 162 valence electrons.